The van der Waals surface area contributed by atoms with Gasteiger partial charge in [0.25, 0.3) is 0 Å². The van der Waals surface area contributed by atoms with E-state index in [0.29, 0.717) is 10.5 Å². The lowest BCUT2D eigenvalue weighted by Crippen LogP contribution is -2.34. The van der Waals surface area contributed by atoms with Crippen LogP contribution in [0.15, 0.2) is 18.3 Å². The molecule has 1 aliphatic rings. The number of anilines is 1. The van der Waals surface area contributed by atoms with Gasteiger partial charge in [0, 0.05) is 30.8 Å². The summed E-state index contributed by atoms with van der Waals surface area (Å²) in [5.41, 5.74) is 1.49. The van der Waals surface area contributed by atoms with E-state index in [1.54, 1.807) is 0 Å². The topological polar surface area (TPSA) is 16.1 Å². The van der Waals surface area contributed by atoms with Crippen LogP contribution in [-0.2, 0) is 5.41 Å². The first-order valence-electron chi connectivity index (χ1n) is 6.15. The Bertz CT molecular complexity index is 393. The normalized spacial score (nSPS) is 18.4. The van der Waals surface area contributed by atoms with Gasteiger partial charge in [-0.15, -0.1) is 0 Å². The van der Waals surface area contributed by atoms with Crippen molar-refractivity contribution in [1.29, 1.82) is 0 Å². The predicted octanol–water partition coefficient (Wildman–Crippen LogP) is 2.90. The first kappa shape index (κ1) is 12.6. The summed E-state index contributed by atoms with van der Waals surface area (Å²) in [5.74, 6) is 7.69. The molecule has 0 spiro atoms. The standard InChI is InChI=1S/C14H22N2S/c1-14(2,3)12-5-6-13(15-11-12)16-7-9-17(4)10-8-16/h5-6,11H,4,7-10H2,1-3H3. The van der Waals surface area contributed by atoms with Gasteiger partial charge in [0.05, 0.1) is 0 Å². The SMILES string of the molecule is C=S1CCN(c2ccc(C(C)(C)C)cn2)CC1. The fraction of sp³-hybridized carbons (Fsp3) is 0.571. The molecule has 17 heavy (non-hydrogen) atoms. The van der Waals surface area contributed by atoms with Gasteiger partial charge < -0.3 is 4.90 Å². The van der Waals surface area contributed by atoms with Gasteiger partial charge in [0.1, 0.15) is 5.82 Å². The zero-order valence-corrected chi connectivity index (χ0v) is 11.9. The van der Waals surface area contributed by atoms with Crippen LogP contribution in [0.3, 0.4) is 0 Å². The first-order valence-corrected chi connectivity index (χ1v) is 7.89. The summed E-state index contributed by atoms with van der Waals surface area (Å²) in [6, 6.07) is 4.37. The maximum Gasteiger partial charge on any atom is 0.128 e. The van der Waals surface area contributed by atoms with E-state index in [-0.39, 0.29) is 5.41 Å². The minimum atomic E-state index is 0.188. The number of hydrogen-bond acceptors (Lipinski definition) is 2. The molecule has 94 valence electrons. The molecule has 0 bridgehead atoms. The number of aromatic nitrogens is 1. The molecule has 2 heterocycles. The second-order valence-corrected chi connectivity index (χ2v) is 7.70. The minimum absolute atomic E-state index is 0.188. The molecule has 0 N–H and O–H groups in total. The predicted molar refractivity (Wildman–Crippen MR) is 79.6 cm³/mol. The van der Waals surface area contributed by atoms with Crippen LogP contribution < -0.4 is 4.90 Å². The number of nitrogens with zero attached hydrogens (tertiary/aromatic N) is 2. The largest absolute Gasteiger partial charge is 0.355 e. The summed E-state index contributed by atoms with van der Waals surface area (Å²) < 4.78 is 0. The third-order valence-electron chi connectivity index (χ3n) is 3.24. The van der Waals surface area contributed by atoms with E-state index >= 15 is 0 Å². The second kappa shape index (κ2) is 4.81. The molecule has 1 fully saturated rings. The van der Waals surface area contributed by atoms with Gasteiger partial charge >= 0.3 is 0 Å². The molecule has 0 aliphatic carbocycles. The van der Waals surface area contributed by atoms with Crippen LogP contribution >= 0.6 is 10.5 Å². The fourth-order valence-electron chi connectivity index (χ4n) is 1.94. The Balaban J connectivity index is 2.10. The van der Waals surface area contributed by atoms with Crippen molar-refractivity contribution in [3.05, 3.63) is 23.9 Å². The lowest BCUT2D eigenvalue weighted by atomic mass is 9.88. The van der Waals surface area contributed by atoms with Crippen LogP contribution in [0.25, 0.3) is 0 Å². The van der Waals surface area contributed by atoms with Crippen LogP contribution in [0.5, 0.6) is 0 Å². The van der Waals surface area contributed by atoms with Gasteiger partial charge in [0.15, 0.2) is 0 Å². The monoisotopic (exact) mass is 250 g/mol. The lowest BCUT2D eigenvalue weighted by molar-refractivity contribution is 0.587. The van der Waals surface area contributed by atoms with E-state index in [2.05, 4.69) is 48.7 Å². The van der Waals surface area contributed by atoms with Gasteiger partial charge in [0.2, 0.25) is 0 Å². The molecule has 1 aliphatic heterocycles. The van der Waals surface area contributed by atoms with Crippen molar-refractivity contribution < 1.29 is 0 Å². The van der Waals surface area contributed by atoms with E-state index < -0.39 is 0 Å². The van der Waals surface area contributed by atoms with E-state index in [1.165, 1.54) is 17.1 Å². The second-order valence-electron chi connectivity index (χ2n) is 5.66. The molecule has 0 unspecified atom stereocenters. The highest BCUT2D eigenvalue weighted by atomic mass is 32.2. The average Bonchev–Trinajstić information content (AvgIpc) is 2.29. The van der Waals surface area contributed by atoms with Crippen molar-refractivity contribution in [3.8, 4) is 0 Å². The van der Waals surface area contributed by atoms with Crippen LogP contribution in [-0.4, -0.2) is 35.4 Å². The zero-order chi connectivity index (χ0) is 12.5. The Hall–Kier alpha value is -0.830. The molecule has 3 heteroatoms. The third-order valence-corrected chi connectivity index (χ3v) is 4.76. The Morgan fingerprint density at radius 3 is 2.35 bits per heavy atom. The van der Waals surface area contributed by atoms with Crippen molar-refractivity contribution in [2.45, 2.75) is 26.2 Å². The van der Waals surface area contributed by atoms with Gasteiger partial charge in [-0.3, -0.25) is 0 Å². The first-order chi connectivity index (χ1) is 7.97. The molecule has 0 aromatic carbocycles. The maximum absolute atomic E-state index is 4.60. The maximum atomic E-state index is 4.60. The number of rotatable bonds is 1. The van der Waals surface area contributed by atoms with Gasteiger partial charge in [-0.05, 0) is 17.0 Å². The summed E-state index contributed by atoms with van der Waals surface area (Å²) in [5, 5.41) is 0. The van der Waals surface area contributed by atoms with Crippen molar-refractivity contribution in [2.24, 2.45) is 0 Å². The minimum Gasteiger partial charge on any atom is -0.355 e. The molecule has 2 nitrogen and oxygen atoms in total. The van der Waals surface area contributed by atoms with Crippen molar-refractivity contribution in [3.63, 3.8) is 0 Å². The zero-order valence-electron chi connectivity index (χ0n) is 11.1. The Morgan fingerprint density at radius 1 is 1.24 bits per heavy atom. The van der Waals surface area contributed by atoms with E-state index in [0.717, 1.165) is 18.9 Å². The Morgan fingerprint density at radius 2 is 1.88 bits per heavy atom. The van der Waals surface area contributed by atoms with Crippen LogP contribution in [0, 0.1) is 0 Å². The van der Waals surface area contributed by atoms with E-state index in [4.69, 9.17) is 0 Å². The molecular weight excluding hydrogens is 228 g/mol. The summed E-state index contributed by atoms with van der Waals surface area (Å²) in [6.07, 6.45) is 2.02. The fourth-order valence-corrected chi connectivity index (χ4v) is 3.10. The van der Waals surface area contributed by atoms with Crippen LogP contribution in [0.1, 0.15) is 26.3 Å². The summed E-state index contributed by atoms with van der Waals surface area (Å²) in [6.45, 7) is 8.88. The quantitative estimate of drug-likeness (QED) is 0.713. The molecule has 0 atom stereocenters. The van der Waals surface area contributed by atoms with E-state index in [1.807, 2.05) is 6.20 Å². The van der Waals surface area contributed by atoms with Crippen molar-refractivity contribution >= 4 is 22.2 Å². The number of pyridine rings is 1. The van der Waals surface area contributed by atoms with Crippen LogP contribution in [0.4, 0.5) is 5.82 Å². The van der Waals surface area contributed by atoms with Gasteiger partial charge in [-0.25, -0.2) is 4.98 Å². The van der Waals surface area contributed by atoms with Crippen molar-refractivity contribution in [2.75, 3.05) is 29.5 Å². The summed E-state index contributed by atoms with van der Waals surface area (Å²) in [4.78, 5) is 6.98. The summed E-state index contributed by atoms with van der Waals surface area (Å²) >= 11 is 0. The third kappa shape index (κ3) is 3.09. The Kier molecular flexibility index (Phi) is 3.57. The number of hydrogen-bond donors (Lipinski definition) is 0. The molecule has 0 amide bonds. The van der Waals surface area contributed by atoms with Crippen LogP contribution in [0.2, 0.25) is 0 Å². The highest BCUT2D eigenvalue weighted by Crippen LogP contribution is 2.24. The van der Waals surface area contributed by atoms with Crippen molar-refractivity contribution in [1.82, 2.24) is 4.98 Å². The van der Waals surface area contributed by atoms with E-state index in [9.17, 15) is 0 Å². The highest BCUT2D eigenvalue weighted by molar-refractivity contribution is 8.14. The average molecular weight is 250 g/mol. The molecule has 0 radical (unpaired) electrons. The molecule has 1 saturated heterocycles. The highest BCUT2D eigenvalue weighted by Gasteiger charge is 2.16. The molecular formula is C14H22N2S. The molecule has 0 saturated carbocycles. The molecule has 1 aromatic rings. The van der Waals surface area contributed by atoms with Gasteiger partial charge in [-0.1, -0.05) is 32.7 Å². The lowest BCUT2D eigenvalue weighted by Gasteiger charge is -2.30. The summed E-state index contributed by atoms with van der Waals surface area (Å²) in [7, 11) is 0.377. The van der Waals surface area contributed by atoms with Gasteiger partial charge in [-0.2, -0.15) is 10.5 Å². The Labute approximate surface area is 107 Å². The smallest absolute Gasteiger partial charge is 0.128 e. The molecule has 1 aromatic heterocycles. The molecule has 2 rings (SSSR count).